The highest BCUT2D eigenvalue weighted by molar-refractivity contribution is 7.12. The summed E-state index contributed by atoms with van der Waals surface area (Å²) in [6.45, 7) is 1.63. The lowest BCUT2D eigenvalue weighted by Crippen LogP contribution is -2.52. The van der Waals surface area contributed by atoms with Crippen LogP contribution < -0.4 is 0 Å². The highest BCUT2D eigenvalue weighted by atomic mass is 35.5. The molecule has 2 heterocycles. The van der Waals surface area contributed by atoms with Crippen molar-refractivity contribution >= 4 is 58.0 Å². The third-order valence-corrected chi connectivity index (χ3v) is 7.55. The fourth-order valence-corrected chi connectivity index (χ4v) is 5.23. The Kier molecular flexibility index (Phi) is 6.19. The highest BCUT2D eigenvalue weighted by Gasteiger charge is 2.52. The zero-order chi connectivity index (χ0) is 22.3. The van der Waals surface area contributed by atoms with Gasteiger partial charge in [0.25, 0.3) is 17.7 Å². The predicted molar refractivity (Wildman–Crippen MR) is 118 cm³/mol. The molecule has 2 aliphatic rings. The number of amides is 3. The summed E-state index contributed by atoms with van der Waals surface area (Å²) in [5, 5.41) is 4.05. The van der Waals surface area contributed by atoms with E-state index in [2.05, 4.69) is 6.92 Å². The molecular weight excluding hydrogens is 459 g/mol. The number of hydrazine groups is 1. The number of thiophene rings is 1. The van der Waals surface area contributed by atoms with Gasteiger partial charge in [0.15, 0.2) is 5.78 Å². The molecule has 4 rings (SSSR count). The van der Waals surface area contributed by atoms with Crippen LogP contribution in [-0.2, 0) is 9.59 Å². The molecule has 3 atom stereocenters. The fraction of sp³-hybridized carbons (Fsp3) is 0.364. The molecule has 3 amide bonds. The fourth-order valence-electron chi connectivity index (χ4n) is 4.27. The summed E-state index contributed by atoms with van der Waals surface area (Å²) >= 11 is 13.3. The number of nitrogens with zero attached hydrogens (tertiary/aromatic N) is 2. The molecule has 1 aliphatic heterocycles. The Morgan fingerprint density at radius 3 is 2.52 bits per heavy atom. The van der Waals surface area contributed by atoms with Crippen LogP contribution in [0, 0.1) is 17.8 Å². The van der Waals surface area contributed by atoms with Crippen LogP contribution in [-0.4, -0.2) is 40.1 Å². The lowest BCUT2D eigenvalue weighted by atomic mass is 9.76. The van der Waals surface area contributed by atoms with Crippen LogP contribution in [0.5, 0.6) is 0 Å². The Bertz CT molecular complexity index is 1060. The maximum atomic E-state index is 13.4. The van der Waals surface area contributed by atoms with E-state index in [9.17, 15) is 19.2 Å². The molecule has 2 fully saturated rings. The van der Waals surface area contributed by atoms with Crippen molar-refractivity contribution in [1.82, 2.24) is 10.0 Å². The molecule has 1 aliphatic carbocycles. The summed E-state index contributed by atoms with van der Waals surface area (Å²) in [4.78, 5) is 53.1. The van der Waals surface area contributed by atoms with Gasteiger partial charge in [-0.05, 0) is 54.8 Å². The van der Waals surface area contributed by atoms with Gasteiger partial charge in [0, 0.05) is 5.56 Å². The van der Waals surface area contributed by atoms with Crippen LogP contribution in [0.15, 0.2) is 35.7 Å². The zero-order valence-corrected chi connectivity index (χ0v) is 19.0. The van der Waals surface area contributed by atoms with Gasteiger partial charge in [-0.15, -0.1) is 11.3 Å². The molecule has 0 N–H and O–H groups in total. The highest BCUT2D eigenvalue weighted by Crippen LogP contribution is 2.41. The van der Waals surface area contributed by atoms with Gasteiger partial charge >= 0.3 is 0 Å². The van der Waals surface area contributed by atoms with Gasteiger partial charge < -0.3 is 0 Å². The summed E-state index contributed by atoms with van der Waals surface area (Å²) in [6, 6.07) is 7.66. The number of rotatable bonds is 5. The Morgan fingerprint density at radius 1 is 1.10 bits per heavy atom. The third-order valence-electron chi connectivity index (χ3n) is 5.90. The second kappa shape index (κ2) is 8.73. The Morgan fingerprint density at radius 2 is 1.84 bits per heavy atom. The number of hydrogen-bond acceptors (Lipinski definition) is 5. The smallest absolute Gasteiger partial charge is 0.273 e. The molecule has 6 nitrogen and oxygen atoms in total. The van der Waals surface area contributed by atoms with Gasteiger partial charge in [0.2, 0.25) is 0 Å². The Balaban J connectivity index is 1.70. The average Bonchev–Trinajstić information content (AvgIpc) is 3.36. The van der Waals surface area contributed by atoms with E-state index in [1.165, 1.54) is 29.5 Å². The number of ketones is 1. The number of hydrogen-bond donors (Lipinski definition) is 0. The summed E-state index contributed by atoms with van der Waals surface area (Å²) in [5.74, 6) is -2.45. The topological polar surface area (TPSA) is 74.8 Å². The van der Waals surface area contributed by atoms with E-state index < -0.39 is 36.1 Å². The molecule has 1 aromatic heterocycles. The van der Waals surface area contributed by atoms with Gasteiger partial charge in [0.05, 0.1) is 26.8 Å². The van der Waals surface area contributed by atoms with E-state index in [-0.39, 0.29) is 21.4 Å². The largest absolute Gasteiger partial charge is 0.291 e. The van der Waals surface area contributed by atoms with Crippen molar-refractivity contribution in [3.8, 4) is 0 Å². The van der Waals surface area contributed by atoms with Gasteiger partial charge in [0.1, 0.15) is 6.54 Å². The molecule has 9 heteroatoms. The molecule has 2 aromatic rings. The number of carbonyl (C=O) groups is 4. The number of Topliss-reactive ketones (excluding diaryl/α,β-unsaturated/α-hetero) is 1. The van der Waals surface area contributed by atoms with E-state index >= 15 is 0 Å². The van der Waals surface area contributed by atoms with Crippen molar-refractivity contribution in [1.29, 1.82) is 0 Å². The lowest BCUT2D eigenvalue weighted by Gasteiger charge is -2.30. The summed E-state index contributed by atoms with van der Waals surface area (Å²) in [5.41, 5.74) is 0.136. The van der Waals surface area contributed by atoms with Crippen molar-refractivity contribution in [2.24, 2.45) is 17.8 Å². The first-order valence-electron chi connectivity index (χ1n) is 9.99. The zero-order valence-electron chi connectivity index (χ0n) is 16.7. The molecule has 1 saturated heterocycles. The molecule has 1 saturated carbocycles. The van der Waals surface area contributed by atoms with Crippen LogP contribution in [0.3, 0.4) is 0 Å². The molecule has 162 valence electrons. The van der Waals surface area contributed by atoms with Crippen molar-refractivity contribution in [2.45, 2.75) is 26.2 Å². The molecular formula is C22H20Cl2N2O4S. The van der Waals surface area contributed by atoms with Gasteiger partial charge in [-0.1, -0.05) is 36.2 Å². The first kappa shape index (κ1) is 22.0. The third kappa shape index (κ3) is 4.14. The van der Waals surface area contributed by atoms with Crippen LogP contribution >= 0.6 is 34.5 Å². The normalized spacial score (nSPS) is 23.1. The number of imide groups is 1. The van der Waals surface area contributed by atoms with Crippen LogP contribution in [0.2, 0.25) is 10.0 Å². The average molecular weight is 479 g/mol. The molecule has 1 aromatic carbocycles. The van der Waals surface area contributed by atoms with E-state index in [0.29, 0.717) is 23.6 Å². The lowest BCUT2D eigenvalue weighted by molar-refractivity contribution is -0.154. The number of benzene rings is 1. The van der Waals surface area contributed by atoms with Gasteiger partial charge in [-0.25, -0.2) is 5.01 Å². The monoisotopic (exact) mass is 478 g/mol. The predicted octanol–water partition coefficient (Wildman–Crippen LogP) is 4.72. The SMILES string of the molecule is C[C@@H]1CC[C@H]2C(=O)N(N(CC(=O)c3cccs3)C(=O)c3ccc(Cl)c(Cl)c3)C(=O)[C@@H]2C1. The first-order chi connectivity index (χ1) is 14.8. The van der Waals surface area contributed by atoms with Crippen molar-refractivity contribution in [3.05, 3.63) is 56.2 Å². The Hall–Kier alpha value is -2.22. The van der Waals surface area contributed by atoms with E-state index in [1.807, 2.05) is 0 Å². The van der Waals surface area contributed by atoms with E-state index in [0.717, 1.165) is 16.4 Å². The quantitative estimate of drug-likeness (QED) is 0.460. The second-order valence-electron chi connectivity index (χ2n) is 8.01. The molecule has 0 unspecified atom stereocenters. The summed E-state index contributed by atoms with van der Waals surface area (Å²) in [7, 11) is 0. The van der Waals surface area contributed by atoms with Crippen LogP contribution in [0.1, 0.15) is 46.2 Å². The first-order valence-corrected chi connectivity index (χ1v) is 11.6. The Labute approximate surface area is 193 Å². The molecule has 0 bridgehead atoms. The van der Waals surface area contributed by atoms with Gasteiger partial charge in [-0.2, -0.15) is 5.01 Å². The number of halogens is 2. The maximum absolute atomic E-state index is 13.4. The summed E-state index contributed by atoms with van der Waals surface area (Å²) < 4.78 is 0. The maximum Gasteiger partial charge on any atom is 0.273 e. The van der Waals surface area contributed by atoms with Gasteiger partial charge in [-0.3, -0.25) is 19.2 Å². The number of fused-ring (bicyclic) bond motifs is 1. The second-order valence-corrected chi connectivity index (χ2v) is 9.77. The summed E-state index contributed by atoms with van der Waals surface area (Å²) in [6.07, 6.45) is 2.04. The van der Waals surface area contributed by atoms with Crippen molar-refractivity contribution in [3.63, 3.8) is 0 Å². The van der Waals surface area contributed by atoms with Crippen molar-refractivity contribution in [2.75, 3.05) is 6.54 Å². The molecule has 0 spiro atoms. The minimum absolute atomic E-state index is 0.136. The molecule has 31 heavy (non-hydrogen) atoms. The number of carbonyl (C=O) groups excluding carboxylic acids is 4. The van der Waals surface area contributed by atoms with Crippen molar-refractivity contribution < 1.29 is 19.2 Å². The minimum atomic E-state index is -0.656. The van der Waals surface area contributed by atoms with E-state index in [4.69, 9.17) is 23.2 Å². The minimum Gasteiger partial charge on any atom is -0.291 e. The molecule has 0 radical (unpaired) electrons. The van der Waals surface area contributed by atoms with E-state index in [1.54, 1.807) is 17.5 Å². The van der Waals surface area contributed by atoms with Crippen LogP contribution in [0.4, 0.5) is 0 Å². The van der Waals surface area contributed by atoms with Crippen LogP contribution in [0.25, 0.3) is 0 Å². The standard InChI is InChI=1S/C22H20Cl2N2O4S/c1-12-4-6-14-15(9-12)22(30)26(21(14)29)25(11-18(27)19-3-2-8-31-19)20(28)13-5-7-16(23)17(24)10-13/h2-3,5,7-8,10,12,14-15H,4,6,9,11H2,1H3/t12-,14-,15-/m1/s1.